The minimum Gasteiger partial charge on any atom is -0.481 e. The van der Waals surface area contributed by atoms with Gasteiger partial charge in [0.2, 0.25) is 0 Å². The smallest absolute Gasteiger partial charge is 0.310 e. The highest BCUT2D eigenvalue weighted by Gasteiger charge is 2.00. The Bertz CT molecular complexity index is 261. The van der Waals surface area contributed by atoms with Gasteiger partial charge >= 0.3 is 11.9 Å². The molecule has 0 aliphatic carbocycles. The first-order chi connectivity index (χ1) is 9.16. The van der Waals surface area contributed by atoms with E-state index in [1.165, 1.54) is 25.5 Å². The van der Waals surface area contributed by atoms with Gasteiger partial charge in [-0.05, 0) is 12.8 Å². The summed E-state index contributed by atoms with van der Waals surface area (Å²) in [6.07, 6.45) is 11.5. The molecule has 0 unspecified atom stereocenters. The predicted molar refractivity (Wildman–Crippen MR) is 74.7 cm³/mol. The Labute approximate surface area is 115 Å². The Morgan fingerprint density at radius 3 is 1.68 bits per heavy atom. The highest BCUT2D eigenvalue weighted by atomic mass is 16.5. The molecular weight excluding hydrogens is 244 g/mol. The number of esters is 1. The quantitative estimate of drug-likeness (QED) is 0.311. The number of hydrogen-bond donors (Lipinski definition) is 1. The maximum absolute atomic E-state index is 11.0. The van der Waals surface area contributed by atoms with E-state index in [1.807, 2.05) is 0 Å². The van der Waals surface area contributed by atoms with Crippen LogP contribution in [0.25, 0.3) is 0 Å². The fourth-order valence-electron chi connectivity index (χ4n) is 1.93. The van der Waals surface area contributed by atoms with Crippen molar-refractivity contribution in [2.75, 3.05) is 0 Å². The number of carbonyl (C=O) groups excluding carboxylic acids is 1. The summed E-state index contributed by atoms with van der Waals surface area (Å²) in [5.41, 5.74) is 0. The number of aliphatic carboxylic acids is 1. The van der Waals surface area contributed by atoms with Gasteiger partial charge < -0.3 is 9.84 Å². The summed E-state index contributed by atoms with van der Waals surface area (Å²) in [4.78, 5) is 21.3. The van der Waals surface area contributed by atoms with Crippen molar-refractivity contribution in [3.8, 4) is 0 Å². The summed E-state index contributed by atoms with van der Waals surface area (Å²) < 4.78 is 4.62. The van der Waals surface area contributed by atoms with Crippen LogP contribution in [0, 0.1) is 0 Å². The van der Waals surface area contributed by atoms with Gasteiger partial charge in [0, 0.05) is 12.8 Å². The first kappa shape index (κ1) is 17.7. The van der Waals surface area contributed by atoms with E-state index in [0.717, 1.165) is 38.5 Å². The molecule has 0 amide bonds. The summed E-state index contributed by atoms with van der Waals surface area (Å²) >= 11 is 0. The summed E-state index contributed by atoms with van der Waals surface area (Å²) in [5.74, 6) is -0.900. The van der Waals surface area contributed by atoms with Crippen LogP contribution in [0.4, 0.5) is 0 Å². The second-order valence-electron chi connectivity index (χ2n) is 4.73. The second kappa shape index (κ2) is 13.1. The van der Waals surface area contributed by atoms with E-state index in [-0.39, 0.29) is 5.97 Å². The number of carboxylic acid groups (broad SMARTS) is 1. The Morgan fingerprint density at radius 1 is 0.842 bits per heavy atom. The highest BCUT2D eigenvalue weighted by molar-refractivity contribution is 5.69. The van der Waals surface area contributed by atoms with Gasteiger partial charge in [0.1, 0.15) is 0 Å². The highest BCUT2D eigenvalue weighted by Crippen LogP contribution is 2.11. The molecule has 110 valence electrons. The van der Waals surface area contributed by atoms with Crippen molar-refractivity contribution in [3.05, 3.63) is 12.8 Å². The van der Waals surface area contributed by atoms with E-state index < -0.39 is 5.97 Å². The van der Waals surface area contributed by atoms with Gasteiger partial charge in [0.25, 0.3) is 0 Å². The van der Waals surface area contributed by atoms with Crippen molar-refractivity contribution in [2.45, 2.75) is 70.6 Å². The van der Waals surface area contributed by atoms with Crippen molar-refractivity contribution >= 4 is 11.9 Å². The number of ether oxygens (including phenoxy) is 1. The molecule has 0 fully saturated rings. The van der Waals surface area contributed by atoms with E-state index in [1.54, 1.807) is 0 Å². The van der Waals surface area contributed by atoms with Gasteiger partial charge in [-0.1, -0.05) is 51.5 Å². The summed E-state index contributed by atoms with van der Waals surface area (Å²) in [5, 5.41) is 8.47. The number of carboxylic acids is 1. The van der Waals surface area contributed by atoms with E-state index in [0.29, 0.717) is 12.8 Å². The maximum atomic E-state index is 11.0. The zero-order chi connectivity index (χ0) is 14.3. The maximum Gasteiger partial charge on any atom is 0.310 e. The molecule has 0 aliphatic rings. The molecule has 1 N–H and O–H groups in total. The fourth-order valence-corrected chi connectivity index (χ4v) is 1.93. The van der Waals surface area contributed by atoms with Crippen LogP contribution in [0.1, 0.15) is 70.6 Å². The molecule has 0 saturated carbocycles. The van der Waals surface area contributed by atoms with Crippen molar-refractivity contribution < 1.29 is 19.4 Å². The zero-order valence-electron chi connectivity index (χ0n) is 11.7. The average Bonchev–Trinajstić information content (AvgIpc) is 2.36. The third-order valence-corrected chi connectivity index (χ3v) is 2.99. The summed E-state index contributed by atoms with van der Waals surface area (Å²) in [6, 6.07) is 0. The van der Waals surface area contributed by atoms with Gasteiger partial charge in [-0.2, -0.15) is 0 Å². The van der Waals surface area contributed by atoms with Crippen molar-refractivity contribution in [3.63, 3.8) is 0 Å². The van der Waals surface area contributed by atoms with E-state index in [2.05, 4.69) is 11.3 Å². The molecule has 0 heterocycles. The number of unbranched alkanes of at least 4 members (excludes halogenated alkanes) is 8. The molecule has 0 spiro atoms. The normalized spacial score (nSPS) is 10.1. The van der Waals surface area contributed by atoms with Crippen molar-refractivity contribution in [2.24, 2.45) is 0 Å². The number of carbonyl (C=O) groups is 2. The van der Waals surface area contributed by atoms with Crippen LogP contribution in [0.3, 0.4) is 0 Å². The molecular formula is C15H26O4. The van der Waals surface area contributed by atoms with Crippen molar-refractivity contribution in [1.82, 2.24) is 0 Å². The molecule has 0 aromatic rings. The first-order valence-corrected chi connectivity index (χ1v) is 7.19. The third-order valence-electron chi connectivity index (χ3n) is 2.99. The van der Waals surface area contributed by atoms with Gasteiger partial charge in [-0.25, -0.2) is 0 Å². The molecule has 0 bridgehead atoms. The Kier molecular flexibility index (Phi) is 12.2. The topological polar surface area (TPSA) is 63.6 Å². The minimum absolute atomic E-state index is 0.201. The standard InChI is InChI=1S/C15H26O4/c1-2-19-15(18)13-11-9-7-5-3-4-6-8-10-12-14(16)17/h2H,1,3-13H2,(H,16,17). The molecule has 0 aromatic heterocycles. The molecule has 0 aliphatic heterocycles. The zero-order valence-corrected chi connectivity index (χ0v) is 11.7. The van der Waals surface area contributed by atoms with Gasteiger partial charge in [-0.15, -0.1) is 0 Å². The Morgan fingerprint density at radius 2 is 1.26 bits per heavy atom. The monoisotopic (exact) mass is 270 g/mol. The van der Waals surface area contributed by atoms with E-state index in [9.17, 15) is 9.59 Å². The lowest BCUT2D eigenvalue weighted by Crippen LogP contribution is -1.98. The summed E-state index contributed by atoms with van der Waals surface area (Å²) in [7, 11) is 0. The molecule has 0 rings (SSSR count). The molecule has 0 aromatic carbocycles. The van der Waals surface area contributed by atoms with Crippen LogP contribution < -0.4 is 0 Å². The largest absolute Gasteiger partial charge is 0.481 e. The van der Waals surface area contributed by atoms with Gasteiger partial charge in [0.05, 0.1) is 6.26 Å². The number of rotatable bonds is 13. The SMILES string of the molecule is C=COC(=O)CCCCCCCCCCCC(=O)O. The minimum atomic E-state index is -0.699. The van der Waals surface area contributed by atoms with Gasteiger partial charge in [0.15, 0.2) is 0 Å². The lowest BCUT2D eigenvalue weighted by molar-refractivity contribution is -0.138. The molecule has 0 atom stereocenters. The van der Waals surface area contributed by atoms with Crippen molar-refractivity contribution in [1.29, 1.82) is 0 Å². The van der Waals surface area contributed by atoms with Crippen LogP contribution in [0.2, 0.25) is 0 Å². The molecule has 0 radical (unpaired) electrons. The van der Waals surface area contributed by atoms with Crippen LogP contribution in [0.15, 0.2) is 12.8 Å². The van der Waals surface area contributed by atoms with Crippen LogP contribution in [-0.4, -0.2) is 17.0 Å². The lowest BCUT2D eigenvalue weighted by Gasteiger charge is -2.02. The van der Waals surface area contributed by atoms with E-state index in [4.69, 9.17) is 5.11 Å². The average molecular weight is 270 g/mol. The van der Waals surface area contributed by atoms with E-state index >= 15 is 0 Å². The van der Waals surface area contributed by atoms with Crippen LogP contribution in [0.5, 0.6) is 0 Å². The predicted octanol–water partition coefficient (Wildman–Crippen LogP) is 4.05. The summed E-state index contributed by atoms with van der Waals surface area (Å²) in [6.45, 7) is 3.33. The molecule has 4 heteroatoms. The van der Waals surface area contributed by atoms with Crippen LogP contribution >= 0.6 is 0 Å². The molecule has 4 nitrogen and oxygen atoms in total. The lowest BCUT2D eigenvalue weighted by atomic mass is 10.1. The second-order valence-corrected chi connectivity index (χ2v) is 4.73. The Balaban J connectivity index is 3.08. The number of hydrogen-bond acceptors (Lipinski definition) is 3. The first-order valence-electron chi connectivity index (χ1n) is 7.19. The van der Waals surface area contributed by atoms with Gasteiger partial charge in [-0.3, -0.25) is 9.59 Å². The van der Waals surface area contributed by atoms with Crippen LogP contribution in [-0.2, 0) is 14.3 Å². The third kappa shape index (κ3) is 14.6. The fraction of sp³-hybridized carbons (Fsp3) is 0.733. The Hall–Kier alpha value is -1.32. The molecule has 0 saturated heterocycles. The molecule has 19 heavy (non-hydrogen) atoms.